The van der Waals surface area contributed by atoms with Crippen molar-refractivity contribution in [2.45, 2.75) is 38.2 Å². The number of hydrogen-bond acceptors (Lipinski definition) is 7. The van der Waals surface area contributed by atoms with Crippen molar-refractivity contribution in [3.05, 3.63) is 43.0 Å². The van der Waals surface area contributed by atoms with Crippen molar-refractivity contribution in [1.82, 2.24) is 35.2 Å². The summed E-state index contributed by atoms with van der Waals surface area (Å²) in [5.74, 6) is 0. The van der Waals surface area contributed by atoms with E-state index in [2.05, 4.69) is 36.2 Å². The molecule has 0 spiro atoms. The lowest BCUT2D eigenvalue weighted by atomic mass is 9.98. The zero-order valence-corrected chi connectivity index (χ0v) is 16.3. The van der Waals surface area contributed by atoms with Gasteiger partial charge in [-0.2, -0.15) is 10.2 Å². The topological polar surface area (TPSA) is 120 Å². The molecule has 0 aliphatic heterocycles. The third-order valence-electron chi connectivity index (χ3n) is 4.99. The Morgan fingerprint density at radius 2 is 1.97 bits per heavy atom. The van der Waals surface area contributed by atoms with Gasteiger partial charge in [0.05, 0.1) is 23.6 Å². The van der Waals surface area contributed by atoms with Crippen LogP contribution in [0, 0.1) is 0 Å². The normalized spacial score (nSPS) is 14.4. The summed E-state index contributed by atoms with van der Waals surface area (Å²) < 4.78 is 7.67. The summed E-state index contributed by atoms with van der Waals surface area (Å²) in [5.41, 5.74) is 7.92. The van der Waals surface area contributed by atoms with Crippen molar-refractivity contribution in [3.63, 3.8) is 0 Å². The molecule has 9 heteroatoms. The number of fused-ring (bicyclic) bond motifs is 1. The molecule has 5 rings (SSSR count). The minimum absolute atomic E-state index is 0.209. The van der Waals surface area contributed by atoms with Crippen molar-refractivity contribution < 1.29 is 4.74 Å². The van der Waals surface area contributed by atoms with Gasteiger partial charge in [-0.25, -0.2) is 9.67 Å². The van der Waals surface area contributed by atoms with Gasteiger partial charge in [0.15, 0.2) is 0 Å². The quantitative estimate of drug-likeness (QED) is 0.548. The predicted octanol–water partition coefficient (Wildman–Crippen LogP) is 2.89. The van der Waals surface area contributed by atoms with Crippen LogP contribution in [0.2, 0.25) is 0 Å². The number of rotatable bonds is 4. The third kappa shape index (κ3) is 3.95. The fraction of sp³-hybridized carbons (Fsp3) is 0.350. The van der Waals surface area contributed by atoms with E-state index in [9.17, 15) is 0 Å². The molecule has 9 nitrogen and oxygen atoms in total. The van der Waals surface area contributed by atoms with Gasteiger partial charge in [0, 0.05) is 23.3 Å². The summed E-state index contributed by atoms with van der Waals surface area (Å²) in [6, 6.07) is 6.21. The lowest BCUT2D eigenvalue weighted by Gasteiger charge is -2.21. The monoisotopic (exact) mass is 392 g/mol. The average molecular weight is 392 g/mol. The van der Waals surface area contributed by atoms with Crippen LogP contribution in [0.15, 0.2) is 43.0 Å². The van der Waals surface area contributed by atoms with E-state index in [1.54, 1.807) is 23.3 Å². The minimum Gasteiger partial charge on any atom is -0.459 e. The number of nitrogens with two attached hydrogens (primary N) is 1. The SMILES string of the molecule is CN.c1cnn(-c2ccc(-c3cnc(OC4CCCCC4)nn3)c3cn[nH]c23)c1. The number of aromatic amines is 1. The zero-order valence-electron chi connectivity index (χ0n) is 16.3. The van der Waals surface area contributed by atoms with E-state index in [4.69, 9.17) is 4.74 Å². The van der Waals surface area contributed by atoms with Gasteiger partial charge in [0.1, 0.15) is 11.8 Å². The molecule has 1 aromatic carbocycles. The van der Waals surface area contributed by atoms with E-state index in [1.807, 2.05) is 24.4 Å². The van der Waals surface area contributed by atoms with Crippen molar-refractivity contribution in [2.75, 3.05) is 7.05 Å². The molecule has 1 saturated carbocycles. The Balaban J connectivity index is 0.000000994. The summed E-state index contributed by atoms with van der Waals surface area (Å²) >= 11 is 0. The molecule has 4 aromatic rings. The first kappa shape index (κ1) is 19.0. The second-order valence-electron chi connectivity index (χ2n) is 6.75. The Bertz CT molecular complexity index is 1040. The molecule has 0 unspecified atom stereocenters. The number of nitrogens with one attached hydrogen (secondary N) is 1. The van der Waals surface area contributed by atoms with Gasteiger partial charge in [0.2, 0.25) is 0 Å². The largest absolute Gasteiger partial charge is 0.459 e. The first-order valence-corrected chi connectivity index (χ1v) is 9.79. The lowest BCUT2D eigenvalue weighted by molar-refractivity contribution is 0.140. The van der Waals surface area contributed by atoms with Crippen LogP contribution in [-0.4, -0.2) is 48.3 Å². The average Bonchev–Trinajstić information content (AvgIpc) is 3.48. The summed E-state index contributed by atoms with van der Waals surface area (Å²) in [6.07, 6.45) is 13.2. The Morgan fingerprint density at radius 3 is 2.69 bits per heavy atom. The summed E-state index contributed by atoms with van der Waals surface area (Å²) in [4.78, 5) is 4.37. The zero-order chi connectivity index (χ0) is 20.1. The maximum Gasteiger partial charge on any atom is 0.335 e. The van der Waals surface area contributed by atoms with Crippen LogP contribution in [0.5, 0.6) is 6.01 Å². The van der Waals surface area contributed by atoms with Crippen LogP contribution in [0.25, 0.3) is 27.8 Å². The highest BCUT2D eigenvalue weighted by Crippen LogP contribution is 2.30. The minimum atomic E-state index is 0.209. The van der Waals surface area contributed by atoms with Gasteiger partial charge in [-0.05, 0) is 50.9 Å². The smallest absolute Gasteiger partial charge is 0.335 e. The highest BCUT2D eigenvalue weighted by Gasteiger charge is 2.17. The highest BCUT2D eigenvalue weighted by atomic mass is 16.5. The van der Waals surface area contributed by atoms with Crippen molar-refractivity contribution in [3.8, 4) is 23.0 Å². The Kier molecular flexibility index (Phi) is 5.76. The van der Waals surface area contributed by atoms with Crippen molar-refractivity contribution in [1.29, 1.82) is 0 Å². The molecule has 1 aliphatic carbocycles. The molecule has 3 aromatic heterocycles. The molecule has 3 heterocycles. The number of hydrogen-bond donors (Lipinski definition) is 2. The Labute approximate surface area is 168 Å². The first-order valence-electron chi connectivity index (χ1n) is 9.79. The molecule has 1 fully saturated rings. The number of aromatic nitrogens is 7. The lowest BCUT2D eigenvalue weighted by Crippen LogP contribution is -2.20. The fourth-order valence-electron chi connectivity index (χ4n) is 3.62. The molecule has 150 valence electrons. The molecule has 0 bridgehead atoms. The number of benzene rings is 1. The number of nitrogens with zero attached hydrogens (tertiary/aromatic N) is 6. The molecular weight excluding hydrogens is 368 g/mol. The van der Waals surface area contributed by atoms with E-state index < -0.39 is 0 Å². The van der Waals surface area contributed by atoms with Crippen LogP contribution in [0.1, 0.15) is 32.1 Å². The molecule has 0 amide bonds. The van der Waals surface area contributed by atoms with E-state index in [0.717, 1.165) is 35.0 Å². The van der Waals surface area contributed by atoms with E-state index in [-0.39, 0.29) is 6.10 Å². The Morgan fingerprint density at radius 1 is 1.10 bits per heavy atom. The van der Waals surface area contributed by atoms with E-state index >= 15 is 0 Å². The third-order valence-corrected chi connectivity index (χ3v) is 4.99. The Hall–Kier alpha value is -3.33. The van der Waals surface area contributed by atoms with E-state index in [1.165, 1.54) is 26.3 Å². The van der Waals surface area contributed by atoms with Crippen LogP contribution in [0.4, 0.5) is 0 Å². The summed E-state index contributed by atoms with van der Waals surface area (Å²) in [6.45, 7) is 0. The van der Waals surface area contributed by atoms with Crippen LogP contribution >= 0.6 is 0 Å². The molecule has 29 heavy (non-hydrogen) atoms. The van der Waals surface area contributed by atoms with Crippen LogP contribution in [0.3, 0.4) is 0 Å². The molecule has 3 N–H and O–H groups in total. The van der Waals surface area contributed by atoms with E-state index in [0.29, 0.717) is 11.7 Å². The van der Waals surface area contributed by atoms with Crippen molar-refractivity contribution in [2.24, 2.45) is 5.73 Å². The van der Waals surface area contributed by atoms with Gasteiger partial charge in [-0.1, -0.05) is 11.5 Å². The molecule has 0 radical (unpaired) electrons. The van der Waals surface area contributed by atoms with Gasteiger partial charge < -0.3 is 10.5 Å². The number of H-pyrrole nitrogens is 1. The summed E-state index contributed by atoms with van der Waals surface area (Å²) in [5, 5.41) is 21.0. The molecular formula is C20H24N8O. The fourth-order valence-corrected chi connectivity index (χ4v) is 3.62. The maximum absolute atomic E-state index is 5.87. The highest BCUT2D eigenvalue weighted by molar-refractivity contribution is 5.97. The van der Waals surface area contributed by atoms with Gasteiger partial charge in [-0.15, -0.1) is 5.10 Å². The maximum atomic E-state index is 5.87. The second-order valence-corrected chi connectivity index (χ2v) is 6.75. The molecule has 1 aliphatic rings. The standard InChI is InChI=1S/C19H19N7O.CH5N/c1-2-5-13(6-3-1)27-19-20-12-16(23-25-19)14-7-8-17(26-10-4-9-22-26)18-15(14)11-21-24-18;1-2/h4,7-13H,1-3,5-6H2,(H,21,24);2H2,1H3. The van der Waals surface area contributed by atoms with Gasteiger partial charge in [-0.3, -0.25) is 5.10 Å². The predicted molar refractivity (Wildman–Crippen MR) is 110 cm³/mol. The van der Waals surface area contributed by atoms with Gasteiger partial charge >= 0.3 is 6.01 Å². The first-order chi connectivity index (χ1) is 14.4. The van der Waals surface area contributed by atoms with Crippen molar-refractivity contribution >= 4 is 10.9 Å². The number of ether oxygens (including phenoxy) is 1. The second kappa shape index (κ2) is 8.78. The van der Waals surface area contributed by atoms with Crippen LogP contribution < -0.4 is 10.5 Å². The molecule has 0 atom stereocenters. The summed E-state index contributed by atoms with van der Waals surface area (Å²) in [7, 11) is 1.50. The van der Waals surface area contributed by atoms with Gasteiger partial charge in [0.25, 0.3) is 0 Å². The van der Waals surface area contributed by atoms with Crippen LogP contribution in [-0.2, 0) is 0 Å². The molecule has 0 saturated heterocycles.